The summed E-state index contributed by atoms with van der Waals surface area (Å²) in [6.45, 7) is 1.98. The Hall–Kier alpha value is -2.17. The zero-order chi connectivity index (χ0) is 13.0. The van der Waals surface area contributed by atoms with Crippen molar-refractivity contribution in [1.82, 2.24) is 10.2 Å². The quantitative estimate of drug-likeness (QED) is 0.870. The van der Waals surface area contributed by atoms with Crippen LogP contribution in [0.15, 0.2) is 30.5 Å². The highest BCUT2D eigenvalue weighted by molar-refractivity contribution is 5.91. The minimum atomic E-state index is -0.337. The van der Waals surface area contributed by atoms with Crippen molar-refractivity contribution >= 4 is 11.7 Å². The molecule has 2 N–H and O–H groups in total. The first-order valence-corrected chi connectivity index (χ1v) is 5.75. The van der Waals surface area contributed by atoms with E-state index in [1.807, 2.05) is 6.92 Å². The molecule has 1 heterocycles. The van der Waals surface area contributed by atoms with Gasteiger partial charge in [0, 0.05) is 5.56 Å². The number of hydrogen-bond donors (Lipinski definition) is 2. The van der Waals surface area contributed by atoms with Crippen LogP contribution in [0.3, 0.4) is 0 Å². The third kappa shape index (κ3) is 2.94. The molecule has 0 spiro atoms. The minimum absolute atomic E-state index is 0.139. The summed E-state index contributed by atoms with van der Waals surface area (Å²) in [4.78, 5) is 11.8. The number of nitrogens with one attached hydrogen (secondary N) is 2. The first-order chi connectivity index (χ1) is 8.69. The number of amides is 1. The Balaban J connectivity index is 2.01. The van der Waals surface area contributed by atoms with Crippen LogP contribution in [0.2, 0.25) is 0 Å². The van der Waals surface area contributed by atoms with E-state index < -0.39 is 0 Å². The number of carbonyl (C=O) groups is 1. The van der Waals surface area contributed by atoms with Crippen LogP contribution in [-0.2, 0) is 17.6 Å². The highest BCUT2D eigenvalue weighted by Crippen LogP contribution is 2.12. The molecule has 0 atom stereocenters. The van der Waals surface area contributed by atoms with Gasteiger partial charge in [-0.1, -0.05) is 19.1 Å². The molecule has 0 unspecified atom stereocenters. The SMILES string of the molecule is CCc1cn[nH]c1NC(=O)Cc1cccc(F)c1. The van der Waals surface area contributed by atoms with Crippen LogP contribution in [0.25, 0.3) is 0 Å². The second-order valence-electron chi connectivity index (χ2n) is 3.98. The lowest BCUT2D eigenvalue weighted by molar-refractivity contribution is -0.115. The van der Waals surface area contributed by atoms with Gasteiger partial charge in [-0.3, -0.25) is 9.89 Å². The molecule has 0 fully saturated rings. The number of hydrogen-bond acceptors (Lipinski definition) is 2. The van der Waals surface area contributed by atoms with E-state index in [0.717, 1.165) is 12.0 Å². The molecule has 0 saturated carbocycles. The van der Waals surface area contributed by atoms with Gasteiger partial charge in [0.1, 0.15) is 11.6 Å². The maximum atomic E-state index is 13.0. The largest absolute Gasteiger partial charge is 0.311 e. The van der Waals surface area contributed by atoms with Crippen LogP contribution in [-0.4, -0.2) is 16.1 Å². The molecule has 1 aromatic heterocycles. The van der Waals surface area contributed by atoms with Crippen LogP contribution in [0.4, 0.5) is 10.2 Å². The Morgan fingerprint density at radius 3 is 3.06 bits per heavy atom. The lowest BCUT2D eigenvalue weighted by Crippen LogP contribution is -2.15. The number of nitrogens with zero attached hydrogens (tertiary/aromatic N) is 1. The van der Waals surface area contributed by atoms with Gasteiger partial charge >= 0.3 is 0 Å². The normalized spacial score (nSPS) is 10.3. The van der Waals surface area contributed by atoms with E-state index in [4.69, 9.17) is 0 Å². The van der Waals surface area contributed by atoms with Crippen LogP contribution in [0, 0.1) is 5.82 Å². The number of aryl methyl sites for hydroxylation is 1. The number of H-pyrrole nitrogens is 1. The number of aromatic nitrogens is 2. The summed E-state index contributed by atoms with van der Waals surface area (Å²) in [5.41, 5.74) is 1.59. The van der Waals surface area contributed by atoms with E-state index in [1.54, 1.807) is 18.3 Å². The van der Waals surface area contributed by atoms with E-state index in [-0.39, 0.29) is 18.1 Å². The molecule has 0 bridgehead atoms. The second-order valence-corrected chi connectivity index (χ2v) is 3.98. The number of carbonyl (C=O) groups excluding carboxylic acids is 1. The highest BCUT2D eigenvalue weighted by Gasteiger charge is 2.08. The third-order valence-corrected chi connectivity index (χ3v) is 2.62. The third-order valence-electron chi connectivity index (χ3n) is 2.62. The van der Waals surface area contributed by atoms with Crippen molar-refractivity contribution in [3.05, 3.63) is 47.4 Å². The van der Waals surface area contributed by atoms with Gasteiger partial charge in [0.05, 0.1) is 12.6 Å². The van der Waals surface area contributed by atoms with Crippen molar-refractivity contribution in [2.75, 3.05) is 5.32 Å². The molecule has 2 rings (SSSR count). The second kappa shape index (κ2) is 5.44. The van der Waals surface area contributed by atoms with Gasteiger partial charge in [-0.05, 0) is 24.1 Å². The molecule has 94 valence electrons. The van der Waals surface area contributed by atoms with E-state index in [2.05, 4.69) is 15.5 Å². The zero-order valence-electron chi connectivity index (χ0n) is 10.0. The van der Waals surface area contributed by atoms with Gasteiger partial charge in [0.25, 0.3) is 0 Å². The van der Waals surface area contributed by atoms with Gasteiger partial charge in [-0.25, -0.2) is 4.39 Å². The standard InChI is InChI=1S/C13H14FN3O/c1-2-10-8-15-17-13(10)16-12(18)7-9-4-3-5-11(14)6-9/h3-6,8H,2,7H2,1H3,(H2,15,16,17,18). The van der Waals surface area contributed by atoms with Gasteiger partial charge in [0.15, 0.2) is 0 Å². The number of halogens is 1. The Kier molecular flexibility index (Phi) is 3.72. The topological polar surface area (TPSA) is 57.8 Å². The summed E-state index contributed by atoms with van der Waals surface area (Å²) < 4.78 is 13.0. The lowest BCUT2D eigenvalue weighted by atomic mass is 10.1. The summed E-state index contributed by atoms with van der Waals surface area (Å²) in [6, 6.07) is 6.01. The van der Waals surface area contributed by atoms with Gasteiger partial charge in [-0.2, -0.15) is 5.10 Å². The fraction of sp³-hybridized carbons (Fsp3) is 0.231. The molecular formula is C13H14FN3O. The smallest absolute Gasteiger partial charge is 0.229 e. The summed E-state index contributed by atoms with van der Waals surface area (Å²) in [5.74, 6) is 0.0783. The van der Waals surface area contributed by atoms with Crippen LogP contribution in [0.5, 0.6) is 0 Å². The molecule has 4 nitrogen and oxygen atoms in total. The number of benzene rings is 1. The summed E-state index contributed by atoms with van der Waals surface area (Å²) in [7, 11) is 0. The molecule has 0 radical (unpaired) electrons. The fourth-order valence-corrected chi connectivity index (χ4v) is 1.70. The van der Waals surface area contributed by atoms with Crippen molar-refractivity contribution in [3.8, 4) is 0 Å². The first-order valence-electron chi connectivity index (χ1n) is 5.75. The van der Waals surface area contributed by atoms with Crippen LogP contribution < -0.4 is 5.32 Å². The molecule has 1 aromatic carbocycles. The van der Waals surface area contributed by atoms with E-state index >= 15 is 0 Å². The number of anilines is 1. The van der Waals surface area contributed by atoms with Crippen molar-refractivity contribution < 1.29 is 9.18 Å². The predicted molar refractivity (Wildman–Crippen MR) is 66.7 cm³/mol. The monoisotopic (exact) mass is 247 g/mol. The lowest BCUT2D eigenvalue weighted by Gasteiger charge is -2.05. The average Bonchev–Trinajstić information content (AvgIpc) is 2.76. The van der Waals surface area contributed by atoms with E-state index in [1.165, 1.54) is 12.1 Å². The van der Waals surface area contributed by atoms with E-state index in [9.17, 15) is 9.18 Å². The van der Waals surface area contributed by atoms with Crippen molar-refractivity contribution in [2.45, 2.75) is 19.8 Å². The van der Waals surface area contributed by atoms with Crippen molar-refractivity contribution in [1.29, 1.82) is 0 Å². The Labute approximate surface area is 104 Å². The summed E-state index contributed by atoms with van der Waals surface area (Å²) >= 11 is 0. The van der Waals surface area contributed by atoms with Crippen LogP contribution >= 0.6 is 0 Å². The zero-order valence-corrected chi connectivity index (χ0v) is 10.0. The minimum Gasteiger partial charge on any atom is -0.311 e. The summed E-state index contributed by atoms with van der Waals surface area (Å²) in [6.07, 6.45) is 2.60. The van der Waals surface area contributed by atoms with Crippen molar-refractivity contribution in [3.63, 3.8) is 0 Å². The van der Waals surface area contributed by atoms with Crippen molar-refractivity contribution in [2.24, 2.45) is 0 Å². The molecule has 2 aromatic rings. The molecule has 1 amide bonds. The number of aromatic amines is 1. The molecular weight excluding hydrogens is 233 g/mol. The molecule has 0 aliphatic carbocycles. The maximum Gasteiger partial charge on any atom is 0.229 e. The molecule has 5 heteroatoms. The fourth-order valence-electron chi connectivity index (χ4n) is 1.70. The Morgan fingerprint density at radius 1 is 1.50 bits per heavy atom. The van der Waals surface area contributed by atoms with Crippen LogP contribution in [0.1, 0.15) is 18.1 Å². The molecule has 0 aliphatic heterocycles. The average molecular weight is 247 g/mol. The van der Waals surface area contributed by atoms with Gasteiger partial charge < -0.3 is 5.32 Å². The van der Waals surface area contributed by atoms with Gasteiger partial charge in [-0.15, -0.1) is 0 Å². The highest BCUT2D eigenvalue weighted by atomic mass is 19.1. The number of rotatable bonds is 4. The Morgan fingerprint density at radius 2 is 2.33 bits per heavy atom. The summed E-state index contributed by atoms with van der Waals surface area (Å²) in [5, 5.41) is 9.33. The molecule has 0 saturated heterocycles. The predicted octanol–water partition coefficient (Wildman–Crippen LogP) is 2.29. The first kappa shape index (κ1) is 12.3. The van der Waals surface area contributed by atoms with Gasteiger partial charge in [0.2, 0.25) is 5.91 Å². The van der Waals surface area contributed by atoms with E-state index in [0.29, 0.717) is 11.4 Å². The maximum absolute atomic E-state index is 13.0. The molecule has 18 heavy (non-hydrogen) atoms. The Bertz CT molecular complexity index is 551. The molecule has 0 aliphatic rings.